The number of nitrogens with one attached hydrogen (secondary N) is 1. The average molecular weight is 369 g/mol. The zero-order valence-electron chi connectivity index (χ0n) is 15.8. The van der Waals surface area contributed by atoms with E-state index in [1.165, 1.54) is 5.56 Å². The molecule has 0 aliphatic heterocycles. The Bertz CT molecular complexity index is 880. The van der Waals surface area contributed by atoms with Crippen molar-refractivity contribution in [1.29, 1.82) is 0 Å². The molecule has 0 atom stereocenters. The maximum Gasteiger partial charge on any atom is 0.187 e. The molecule has 1 aromatic heterocycles. The topological polar surface area (TPSA) is 43.4 Å². The maximum absolute atomic E-state index is 5.48. The minimum atomic E-state index is 0.151. The minimum absolute atomic E-state index is 0.151. The van der Waals surface area contributed by atoms with E-state index in [1.54, 1.807) is 25.6 Å². The third-order valence-electron chi connectivity index (χ3n) is 4.19. The number of anilines is 2. The number of thiazole rings is 1. The molecule has 0 unspecified atom stereocenters. The monoisotopic (exact) mass is 368 g/mol. The standard InChI is InChI=1S/C21H24N2O2S/c1-21(2,3)14-6-8-15(9-7-14)22-20-23-18(13-26-20)17-11-10-16(24-4)12-19(17)25-5/h6-13H,1-5H3,(H,22,23). The predicted octanol–water partition coefficient (Wildman–Crippen LogP) is 5.87. The fourth-order valence-electron chi connectivity index (χ4n) is 2.64. The van der Waals surface area contributed by atoms with Gasteiger partial charge >= 0.3 is 0 Å². The summed E-state index contributed by atoms with van der Waals surface area (Å²) in [6.45, 7) is 6.64. The quantitative estimate of drug-likeness (QED) is 0.612. The molecule has 0 aliphatic rings. The van der Waals surface area contributed by atoms with Gasteiger partial charge in [0.2, 0.25) is 0 Å². The average Bonchev–Trinajstić information content (AvgIpc) is 3.09. The summed E-state index contributed by atoms with van der Waals surface area (Å²) < 4.78 is 10.7. The Morgan fingerprint density at radius 1 is 0.962 bits per heavy atom. The molecular weight excluding hydrogens is 344 g/mol. The summed E-state index contributed by atoms with van der Waals surface area (Å²) in [5.74, 6) is 1.51. The molecule has 0 amide bonds. The summed E-state index contributed by atoms with van der Waals surface area (Å²) in [7, 11) is 3.30. The van der Waals surface area contributed by atoms with Crippen LogP contribution in [0.15, 0.2) is 47.8 Å². The van der Waals surface area contributed by atoms with E-state index < -0.39 is 0 Å². The van der Waals surface area contributed by atoms with E-state index in [4.69, 9.17) is 14.5 Å². The lowest BCUT2D eigenvalue weighted by Gasteiger charge is -2.19. The Morgan fingerprint density at radius 2 is 1.69 bits per heavy atom. The SMILES string of the molecule is COc1ccc(-c2csc(Nc3ccc(C(C)(C)C)cc3)n2)c(OC)c1. The van der Waals surface area contributed by atoms with Gasteiger partial charge in [-0.3, -0.25) is 0 Å². The van der Waals surface area contributed by atoms with Gasteiger partial charge in [-0.25, -0.2) is 4.98 Å². The van der Waals surface area contributed by atoms with E-state index >= 15 is 0 Å². The van der Waals surface area contributed by atoms with Crippen LogP contribution in [0.4, 0.5) is 10.8 Å². The number of aromatic nitrogens is 1. The van der Waals surface area contributed by atoms with Crippen molar-refractivity contribution in [3.8, 4) is 22.8 Å². The van der Waals surface area contributed by atoms with Crippen molar-refractivity contribution in [3.63, 3.8) is 0 Å². The van der Waals surface area contributed by atoms with Crippen LogP contribution in [-0.4, -0.2) is 19.2 Å². The van der Waals surface area contributed by atoms with Crippen LogP contribution in [0.25, 0.3) is 11.3 Å². The minimum Gasteiger partial charge on any atom is -0.497 e. The first kappa shape index (κ1) is 18.3. The Morgan fingerprint density at radius 3 is 2.31 bits per heavy atom. The van der Waals surface area contributed by atoms with Crippen molar-refractivity contribution < 1.29 is 9.47 Å². The number of methoxy groups -OCH3 is 2. The van der Waals surface area contributed by atoms with Gasteiger partial charge in [-0.15, -0.1) is 11.3 Å². The molecule has 2 aromatic carbocycles. The zero-order chi connectivity index (χ0) is 18.7. The molecule has 0 bridgehead atoms. The van der Waals surface area contributed by atoms with Gasteiger partial charge in [-0.05, 0) is 35.2 Å². The van der Waals surface area contributed by atoms with Crippen LogP contribution in [0.2, 0.25) is 0 Å². The van der Waals surface area contributed by atoms with Crippen molar-refractivity contribution in [3.05, 3.63) is 53.4 Å². The van der Waals surface area contributed by atoms with Crippen molar-refractivity contribution in [2.24, 2.45) is 0 Å². The smallest absolute Gasteiger partial charge is 0.187 e. The summed E-state index contributed by atoms with van der Waals surface area (Å²) in [5, 5.41) is 6.25. The number of nitrogens with zero attached hydrogens (tertiary/aromatic N) is 1. The second kappa shape index (κ2) is 7.38. The lowest BCUT2D eigenvalue weighted by molar-refractivity contribution is 0.395. The first-order chi connectivity index (χ1) is 12.4. The van der Waals surface area contributed by atoms with Crippen molar-refractivity contribution >= 4 is 22.2 Å². The van der Waals surface area contributed by atoms with Gasteiger partial charge in [0.05, 0.1) is 19.9 Å². The van der Waals surface area contributed by atoms with Crippen molar-refractivity contribution in [2.75, 3.05) is 19.5 Å². The third kappa shape index (κ3) is 3.99. The highest BCUT2D eigenvalue weighted by Crippen LogP contribution is 2.35. The van der Waals surface area contributed by atoms with Crippen LogP contribution < -0.4 is 14.8 Å². The summed E-state index contributed by atoms with van der Waals surface area (Å²) in [4.78, 5) is 4.70. The first-order valence-electron chi connectivity index (χ1n) is 8.46. The van der Waals surface area contributed by atoms with Gasteiger partial charge in [-0.1, -0.05) is 32.9 Å². The first-order valence-corrected chi connectivity index (χ1v) is 9.34. The number of hydrogen-bond donors (Lipinski definition) is 1. The van der Waals surface area contributed by atoms with Crippen LogP contribution in [0.1, 0.15) is 26.3 Å². The van der Waals surface area contributed by atoms with Crippen LogP contribution in [0.5, 0.6) is 11.5 Å². The zero-order valence-corrected chi connectivity index (χ0v) is 16.6. The summed E-state index contributed by atoms with van der Waals surface area (Å²) in [6.07, 6.45) is 0. The highest BCUT2D eigenvalue weighted by Gasteiger charge is 2.14. The van der Waals surface area contributed by atoms with Crippen LogP contribution >= 0.6 is 11.3 Å². The van der Waals surface area contributed by atoms with Crippen molar-refractivity contribution in [1.82, 2.24) is 4.98 Å². The van der Waals surface area contributed by atoms with Crippen LogP contribution in [-0.2, 0) is 5.41 Å². The second-order valence-electron chi connectivity index (χ2n) is 7.06. The Balaban J connectivity index is 1.80. The number of ether oxygens (including phenoxy) is 2. The third-order valence-corrected chi connectivity index (χ3v) is 4.95. The van der Waals surface area contributed by atoms with Crippen LogP contribution in [0.3, 0.4) is 0 Å². The van der Waals surface area contributed by atoms with E-state index in [1.807, 2.05) is 23.6 Å². The lowest BCUT2D eigenvalue weighted by atomic mass is 9.87. The van der Waals surface area contributed by atoms with Gasteiger partial charge in [0, 0.05) is 22.7 Å². The van der Waals surface area contributed by atoms with E-state index in [-0.39, 0.29) is 5.41 Å². The van der Waals surface area contributed by atoms with Gasteiger partial charge < -0.3 is 14.8 Å². The predicted molar refractivity (Wildman–Crippen MR) is 109 cm³/mol. The number of benzene rings is 2. The molecule has 0 saturated carbocycles. The second-order valence-corrected chi connectivity index (χ2v) is 7.91. The molecular formula is C21H24N2O2S. The largest absolute Gasteiger partial charge is 0.497 e. The van der Waals surface area contributed by atoms with Gasteiger partial charge in [0.15, 0.2) is 5.13 Å². The lowest BCUT2D eigenvalue weighted by Crippen LogP contribution is -2.10. The van der Waals surface area contributed by atoms with Crippen LogP contribution in [0, 0.1) is 0 Å². The molecule has 1 N–H and O–H groups in total. The molecule has 0 aliphatic carbocycles. The molecule has 0 spiro atoms. The summed E-state index contributed by atoms with van der Waals surface area (Å²) >= 11 is 1.57. The fraction of sp³-hybridized carbons (Fsp3) is 0.286. The molecule has 4 nitrogen and oxygen atoms in total. The maximum atomic E-state index is 5.48. The van der Waals surface area contributed by atoms with Gasteiger partial charge in [0.1, 0.15) is 11.5 Å². The molecule has 3 rings (SSSR count). The molecule has 0 saturated heterocycles. The number of rotatable bonds is 5. The molecule has 136 valence electrons. The highest BCUT2D eigenvalue weighted by atomic mass is 32.1. The van der Waals surface area contributed by atoms with Crippen molar-refractivity contribution in [2.45, 2.75) is 26.2 Å². The molecule has 5 heteroatoms. The molecule has 3 aromatic rings. The summed E-state index contributed by atoms with van der Waals surface area (Å²) in [5.41, 5.74) is 4.31. The highest BCUT2D eigenvalue weighted by molar-refractivity contribution is 7.14. The normalized spacial score (nSPS) is 11.3. The Hall–Kier alpha value is -2.53. The number of hydrogen-bond acceptors (Lipinski definition) is 5. The van der Waals surface area contributed by atoms with Gasteiger partial charge in [0.25, 0.3) is 0 Å². The summed E-state index contributed by atoms with van der Waals surface area (Å²) in [6, 6.07) is 14.2. The van der Waals surface area contributed by atoms with E-state index in [0.717, 1.165) is 33.6 Å². The fourth-order valence-corrected chi connectivity index (χ4v) is 3.37. The van der Waals surface area contributed by atoms with E-state index in [0.29, 0.717) is 0 Å². The Labute approximate surface area is 158 Å². The van der Waals surface area contributed by atoms with Gasteiger partial charge in [-0.2, -0.15) is 0 Å². The Kier molecular flexibility index (Phi) is 5.18. The molecule has 0 radical (unpaired) electrons. The molecule has 0 fully saturated rings. The molecule has 26 heavy (non-hydrogen) atoms. The van der Waals surface area contributed by atoms with E-state index in [9.17, 15) is 0 Å². The van der Waals surface area contributed by atoms with E-state index in [2.05, 4.69) is 50.4 Å². The molecule has 1 heterocycles.